The smallest absolute Gasteiger partial charge is 0.264 e. The van der Waals surface area contributed by atoms with Crippen molar-refractivity contribution < 1.29 is 9.53 Å². The van der Waals surface area contributed by atoms with E-state index < -0.39 is 0 Å². The van der Waals surface area contributed by atoms with Crippen LogP contribution in [0.5, 0.6) is 5.75 Å². The van der Waals surface area contributed by atoms with Gasteiger partial charge in [0.2, 0.25) is 0 Å². The Hall–Kier alpha value is -3.34. The molecule has 3 aromatic rings. The molecule has 0 bridgehead atoms. The molecule has 0 saturated heterocycles. The van der Waals surface area contributed by atoms with E-state index in [4.69, 9.17) is 4.74 Å². The first-order chi connectivity index (χ1) is 13.0. The minimum absolute atomic E-state index is 0.0495. The van der Waals surface area contributed by atoms with Crippen LogP contribution in [0.4, 0.5) is 17.2 Å². The van der Waals surface area contributed by atoms with Crippen LogP contribution in [-0.2, 0) is 4.79 Å². The zero-order valence-corrected chi connectivity index (χ0v) is 15.6. The first-order valence-corrected chi connectivity index (χ1v) is 8.85. The third-order valence-corrected chi connectivity index (χ3v) is 4.63. The number of nitrogens with one attached hydrogen (secondary N) is 1. The van der Waals surface area contributed by atoms with Gasteiger partial charge < -0.3 is 15.0 Å². The number of ether oxygens (including phenoxy) is 1. The molecule has 4 rings (SSSR count). The fraction of sp³-hybridized carbons (Fsp3) is 0.182. The van der Waals surface area contributed by atoms with Crippen molar-refractivity contribution in [1.29, 1.82) is 0 Å². The Labute approximate surface area is 158 Å². The molecule has 1 aliphatic heterocycles. The van der Waals surface area contributed by atoms with E-state index in [2.05, 4.69) is 42.3 Å². The molecule has 0 fully saturated rings. The normalized spacial score (nSPS) is 13.1. The first-order valence-electron chi connectivity index (χ1n) is 8.85. The van der Waals surface area contributed by atoms with E-state index in [9.17, 15) is 4.79 Å². The molecule has 0 atom stereocenters. The van der Waals surface area contributed by atoms with Gasteiger partial charge in [0.1, 0.15) is 11.6 Å². The number of carbonyl (C=O) groups excluding carboxylic acids is 1. The monoisotopic (exact) mass is 359 g/mol. The van der Waals surface area contributed by atoms with Crippen LogP contribution >= 0.6 is 0 Å². The van der Waals surface area contributed by atoms with Crippen LogP contribution in [0.2, 0.25) is 0 Å². The van der Waals surface area contributed by atoms with Gasteiger partial charge in [0.25, 0.3) is 5.91 Å². The number of anilines is 3. The number of fused-ring (bicyclic) bond motifs is 1. The maximum Gasteiger partial charge on any atom is 0.264 e. The van der Waals surface area contributed by atoms with Crippen LogP contribution in [-0.4, -0.2) is 24.5 Å². The van der Waals surface area contributed by atoms with Crippen LogP contribution in [0.15, 0.2) is 54.7 Å². The van der Waals surface area contributed by atoms with Gasteiger partial charge in [-0.2, -0.15) is 0 Å². The Kier molecular flexibility index (Phi) is 4.28. The lowest BCUT2D eigenvalue weighted by atomic mass is 10.0. The van der Waals surface area contributed by atoms with Crippen LogP contribution in [0.25, 0.3) is 11.1 Å². The molecule has 1 aromatic heterocycles. The second kappa shape index (κ2) is 6.76. The second-order valence-electron chi connectivity index (χ2n) is 6.86. The summed E-state index contributed by atoms with van der Waals surface area (Å²) in [5.41, 5.74) is 6.23. The Morgan fingerprint density at radius 1 is 1.00 bits per heavy atom. The molecule has 0 unspecified atom stereocenters. The molecule has 5 heteroatoms. The van der Waals surface area contributed by atoms with Gasteiger partial charge in [-0.15, -0.1) is 0 Å². The van der Waals surface area contributed by atoms with Crippen molar-refractivity contribution >= 4 is 23.1 Å². The van der Waals surface area contributed by atoms with Gasteiger partial charge in [0.15, 0.2) is 6.61 Å². The number of hydrogen-bond donors (Lipinski definition) is 1. The van der Waals surface area contributed by atoms with E-state index in [0.717, 1.165) is 34.1 Å². The average molecular weight is 359 g/mol. The highest BCUT2D eigenvalue weighted by Gasteiger charge is 2.22. The molecule has 1 aliphatic rings. The van der Waals surface area contributed by atoms with E-state index in [1.54, 1.807) is 18.1 Å². The van der Waals surface area contributed by atoms with Gasteiger partial charge in [-0.3, -0.25) is 4.79 Å². The summed E-state index contributed by atoms with van der Waals surface area (Å²) in [6, 6.07) is 16.2. The van der Waals surface area contributed by atoms with Gasteiger partial charge in [-0.25, -0.2) is 4.98 Å². The number of nitrogens with zero attached hydrogens (tertiary/aromatic N) is 2. The van der Waals surface area contributed by atoms with Gasteiger partial charge in [0.05, 0.1) is 5.69 Å². The summed E-state index contributed by atoms with van der Waals surface area (Å²) < 4.78 is 5.51. The third-order valence-electron chi connectivity index (χ3n) is 4.63. The lowest BCUT2D eigenvalue weighted by Gasteiger charge is -2.26. The maximum atomic E-state index is 11.9. The number of aryl methyl sites for hydroxylation is 2. The highest BCUT2D eigenvalue weighted by atomic mass is 16.5. The van der Waals surface area contributed by atoms with E-state index >= 15 is 0 Å². The van der Waals surface area contributed by atoms with E-state index in [-0.39, 0.29) is 12.5 Å². The van der Waals surface area contributed by atoms with E-state index in [0.29, 0.717) is 0 Å². The van der Waals surface area contributed by atoms with Crippen molar-refractivity contribution in [3.05, 3.63) is 65.9 Å². The number of amides is 1. The number of carbonyl (C=O) groups is 1. The molecule has 1 amide bonds. The van der Waals surface area contributed by atoms with E-state index in [1.165, 1.54) is 11.1 Å². The number of rotatable bonds is 3. The summed E-state index contributed by atoms with van der Waals surface area (Å²) in [5, 5.41) is 3.37. The Bertz CT molecular complexity index is 1010. The predicted octanol–water partition coefficient (Wildman–Crippen LogP) is 4.46. The number of hydrogen-bond acceptors (Lipinski definition) is 4. The molecule has 2 aromatic carbocycles. The summed E-state index contributed by atoms with van der Waals surface area (Å²) in [6.07, 6.45) is 1.78. The number of aromatic nitrogens is 1. The number of pyridine rings is 1. The van der Waals surface area contributed by atoms with Crippen LogP contribution in [0, 0.1) is 13.8 Å². The second-order valence-corrected chi connectivity index (χ2v) is 6.86. The Morgan fingerprint density at radius 3 is 2.52 bits per heavy atom. The lowest BCUT2D eigenvalue weighted by Crippen LogP contribution is -2.35. The van der Waals surface area contributed by atoms with Crippen molar-refractivity contribution in [2.24, 2.45) is 0 Å². The number of likely N-dealkylation sites (N-methyl/N-ethyl adjacent to an activating group) is 1. The fourth-order valence-corrected chi connectivity index (χ4v) is 3.32. The molecule has 27 heavy (non-hydrogen) atoms. The average Bonchev–Trinajstić information content (AvgIpc) is 2.64. The molecule has 0 aliphatic carbocycles. The molecule has 5 nitrogen and oxygen atoms in total. The fourth-order valence-electron chi connectivity index (χ4n) is 3.32. The van der Waals surface area contributed by atoms with Crippen LogP contribution in [0.1, 0.15) is 11.1 Å². The van der Waals surface area contributed by atoms with Crippen LogP contribution < -0.4 is 15.0 Å². The van der Waals surface area contributed by atoms with Crippen molar-refractivity contribution in [3.8, 4) is 16.9 Å². The van der Waals surface area contributed by atoms with Crippen LogP contribution in [0.3, 0.4) is 0 Å². The molecular weight excluding hydrogens is 338 g/mol. The van der Waals surface area contributed by atoms with Gasteiger partial charge in [0, 0.05) is 18.9 Å². The summed E-state index contributed by atoms with van der Waals surface area (Å²) in [4.78, 5) is 18.0. The standard InChI is InChI=1S/C22H21N3O2/c1-14-8-15(2)10-18(9-14)24-21-12-17(6-7-23-21)16-4-5-20-19(11-16)25(3)22(26)13-27-20/h4-12H,13H2,1-3H3,(H,23,24). The van der Waals surface area contributed by atoms with Crippen molar-refractivity contribution in [2.45, 2.75) is 13.8 Å². The largest absolute Gasteiger partial charge is 0.482 e. The topological polar surface area (TPSA) is 54.5 Å². The summed E-state index contributed by atoms with van der Waals surface area (Å²) in [6.45, 7) is 4.24. The molecule has 1 N–H and O–H groups in total. The highest BCUT2D eigenvalue weighted by molar-refractivity contribution is 5.98. The molecule has 0 saturated carbocycles. The van der Waals surface area contributed by atoms with Crippen molar-refractivity contribution in [2.75, 3.05) is 23.9 Å². The lowest BCUT2D eigenvalue weighted by molar-refractivity contribution is -0.120. The quantitative estimate of drug-likeness (QED) is 0.750. The minimum Gasteiger partial charge on any atom is -0.482 e. The zero-order valence-electron chi connectivity index (χ0n) is 15.6. The third kappa shape index (κ3) is 3.49. The molecule has 0 radical (unpaired) electrons. The molecule has 2 heterocycles. The van der Waals surface area contributed by atoms with E-state index in [1.807, 2.05) is 30.3 Å². The summed E-state index contributed by atoms with van der Waals surface area (Å²) in [7, 11) is 1.77. The Balaban J connectivity index is 1.66. The van der Waals surface area contributed by atoms with Crippen molar-refractivity contribution in [1.82, 2.24) is 4.98 Å². The zero-order chi connectivity index (χ0) is 19.0. The first kappa shape index (κ1) is 17.1. The van der Waals surface area contributed by atoms with Crippen molar-refractivity contribution in [3.63, 3.8) is 0 Å². The predicted molar refractivity (Wildman–Crippen MR) is 108 cm³/mol. The minimum atomic E-state index is -0.0495. The molecular formula is C22H21N3O2. The SMILES string of the molecule is Cc1cc(C)cc(Nc2cc(-c3ccc4c(c3)N(C)C(=O)CO4)ccn2)c1. The summed E-state index contributed by atoms with van der Waals surface area (Å²) >= 11 is 0. The Morgan fingerprint density at radius 2 is 1.74 bits per heavy atom. The molecule has 0 spiro atoms. The van der Waals surface area contributed by atoms with Gasteiger partial charge in [-0.05, 0) is 72.5 Å². The maximum absolute atomic E-state index is 11.9. The number of benzene rings is 2. The van der Waals surface area contributed by atoms with Gasteiger partial charge in [-0.1, -0.05) is 12.1 Å². The summed E-state index contributed by atoms with van der Waals surface area (Å²) in [5.74, 6) is 1.45. The van der Waals surface area contributed by atoms with Gasteiger partial charge >= 0.3 is 0 Å². The highest BCUT2D eigenvalue weighted by Crippen LogP contribution is 2.35. The molecule has 136 valence electrons.